The molecular formula is C28H22BrF6N5O2. The van der Waals surface area contributed by atoms with Crippen LogP contribution in [-0.4, -0.2) is 26.6 Å². The number of nitrogens with zero attached hydrogens (tertiary/aromatic N) is 3. The number of primary amides is 1. The minimum Gasteiger partial charge on any atom is -0.366 e. The number of benzene rings is 2. The topological polar surface area (TPSA) is 103 Å². The van der Waals surface area contributed by atoms with Crippen molar-refractivity contribution in [3.63, 3.8) is 0 Å². The molecule has 0 saturated heterocycles. The summed E-state index contributed by atoms with van der Waals surface area (Å²) >= 11 is 2.92. The van der Waals surface area contributed by atoms with Gasteiger partial charge in [-0.05, 0) is 70.7 Å². The number of halogens is 7. The molecule has 2 aromatic heterocycles. The van der Waals surface area contributed by atoms with Crippen LogP contribution in [0.2, 0.25) is 0 Å². The molecule has 220 valence electrons. The van der Waals surface area contributed by atoms with Gasteiger partial charge in [0.2, 0.25) is 5.91 Å². The van der Waals surface area contributed by atoms with Crippen LogP contribution in [0.4, 0.5) is 26.3 Å². The SMILES string of the molecule is CC(F)c1c(Br)c(C(F)F)nn1CC(=O)N[C@@H](Cc1cc(F)cc(F)c1)c1ncccc1-c1ccc(F)c(C(N)=O)c1. The summed E-state index contributed by atoms with van der Waals surface area (Å²) in [5, 5.41) is 6.34. The van der Waals surface area contributed by atoms with Gasteiger partial charge in [0, 0.05) is 17.8 Å². The van der Waals surface area contributed by atoms with E-state index in [1.807, 2.05) is 0 Å². The molecule has 14 heteroatoms. The van der Waals surface area contributed by atoms with Crippen molar-refractivity contribution in [1.29, 1.82) is 0 Å². The Morgan fingerprint density at radius 3 is 2.33 bits per heavy atom. The predicted octanol–water partition coefficient (Wildman–Crippen LogP) is 6.29. The van der Waals surface area contributed by atoms with Gasteiger partial charge in [0.15, 0.2) is 0 Å². The second-order valence-corrected chi connectivity index (χ2v) is 10.0. The molecular weight excluding hydrogens is 632 g/mol. The summed E-state index contributed by atoms with van der Waals surface area (Å²) in [7, 11) is 0. The molecule has 7 nitrogen and oxygen atoms in total. The first kappa shape index (κ1) is 30.8. The third-order valence-corrected chi connectivity index (χ3v) is 7.05. The van der Waals surface area contributed by atoms with Crippen LogP contribution < -0.4 is 11.1 Å². The van der Waals surface area contributed by atoms with Crippen molar-refractivity contribution < 1.29 is 35.9 Å². The number of aromatic nitrogens is 3. The first-order valence-corrected chi connectivity index (χ1v) is 13.1. The van der Waals surface area contributed by atoms with E-state index >= 15 is 0 Å². The van der Waals surface area contributed by atoms with E-state index in [4.69, 9.17) is 5.73 Å². The average molecular weight is 654 g/mol. The smallest absolute Gasteiger partial charge is 0.283 e. The lowest BCUT2D eigenvalue weighted by molar-refractivity contribution is -0.122. The van der Waals surface area contributed by atoms with Crippen molar-refractivity contribution >= 4 is 27.7 Å². The van der Waals surface area contributed by atoms with Gasteiger partial charge in [-0.25, -0.2) is 26.3 Å². The molecule has 0 fully saturated rings. The Kier molecular flexibility index (Phi) is 9.34. The molecule has 4 rings (SSSR count). The summed E-state index contributed by atoms with van der Waals surface area (Å²) in [4.78, 5) is 29.3. The number of nitrogens with two attached hydrogens (primary N) is 1. The van der Waals surface area contributed by atoms with Gasteiger partial charge in [-0.1, -0.05) is 12.1 Å². The molecule has 0 saturated carbocycles. The van der Waals surface area contributed by atoms with Gasteiger partial charge in [0.1, 0.15) is 35.9 Å². The van der Waals surface area contributed by atoms with Crippen LogP contribution in [0, 0.1) is 17.5 Å². The van der Waals surface area contributed by atoms with E-state index in [-0.39, 0.29) is 27.8 Å². The molecule has 2 heterocycles. The molecule has 0 bridgehead atoms. The molecule has 2 aromatic carbocycles. The Labute approximate surface area is 243 Å². The normalized spacial score (nSPS) is 12.8. The Morgan fingerprint density at radius 1 is 1.02 bits per heavy atom. The van der Waals surface area contributed by atoms with Gasteiger partial charge in [0.05, 0.1) is 27.5 Å². The largest absolute Gasteiger partial charge is 0.366 e. The third kappa shape index (κ3) is 6.81. The van der Waals surface area contributed by atoms with E-state index in [0.717, 1.165) is 29.8 Å². The summed E-state index contributed by atoms with van der Waals surface area (Å²) in [6.07, 6.45) is -3.64. The highest BCUT2D eigenvalue weighted by atomic mass is 79.9. The number of hydrogen-bond donors (Lipinski definition) is 2. The Balaban J connectivity index is 1.76. The Bertz CT molecular complexity index is 1630. The van der Waals surface area contributed by atoms with Gasteiger partial charge in [-0.2, -0.15) is 5.10 Å². The van der Waals surface area contributed by atoms with Crippen molar-refractivity contribution in [3.8, 4) is 11.1 Å². The quantitative estimate of drug-likeness (QED) is 0.196. The number of nitrogens with one attached hydrogen (secondary N) is 1. The summed E-state index contributed by atoms with van der Waals surface area (Å²) in [5.74, 6) is -4.44. The van der Waals surface area contributed by atoms with Gasteiger partial charge in [0.25, 0.3) is 12.3 Å². The minimum atomic E-state index is -3.05. The highest BCUT2D eigenvalue weighted by molar-refractivity contribution is 9.10. The molecule has 0 aliphatic carbocycles. The van der Waals surface area contributed by atoms with Crippen LogP contribution in [0.25, 0.3) is 11.1 Å². The Hall–Kier alpha value is -4.20. The maximum absolute atomic E-state index is 14.3. The van der Waals surface area contributed by atoms with Crippen LogP contribution in [0.3, 0.4) is 0 Å². The Morgan fingerprint density at radius 2 is 1.71 bits per heavy atom. The van der Waals surface area contributed by atoms with Crippen molar-refractivity contribution in [2.24, 2.45) is 5.73 Å². The fraction of sp³-hybridized carbons (Fsp3) is 0.214. The van der Waals surface area contributed by atoms with Crippen LogP contribution in [0.1, 0.15) is 58.6 Å². The lowest BCUT2D eigenvalue weighted by atomic mass is 9.94. The van der Waals surface area contributed by atoms with Crippen LogP contribution >= 0.6 is 15.9 Å². The molecule has 2 atom stereocenters. The van der Waals surface area contributed by atoms with Gasteiger partial charge in [-0.15, -0.1) is 0 Å². The zero-order valence-electron chi connectivity index (χ0n) is 21.7. The third-order valence-electron chi connectivity index (χ3n) is 6.24. The monoisotopic (exact) mass is 653 g/mol. The first-order chi connectivity index (χ1) is 19.8. The van der Waals surface area contributed by atoms with Crippen molar-refractivity contribution in [3.05, 3.63) is 105 Å². The lowest BCUT2D eigenvalue weighted by Crippen LogP contribution is -2.34. The molecule has 0 spiro atoms. The maximum atomic E-state index is 14.3. The van der Waals surface area contributed by atoms with Crippen molar-refractivity contribution in [2.45, 2.75) is 38.5 Å². The summed E-state index contributed by atoms with van der Waals surface area (Å²) < 4.78 is 83.9. The number of pyridine rings is 1. The second-order valence-electron chi connectivity index (χ2n) is 9.26. The number of hydrogen-bond acceptors (Lipinski definition) is 4. The molecule has 0 aliphatic heterocycles. The average Bonchev–Trinajstić information content (AvgIpc) is 3.23. The number of rotatable bonds is 10. The van der Waals surface area contributed by atoms with Crippen molar-refractivity contribution in [2.75, 3.05) is 0 Å². The fourth-order valence-electron chi connectivity index (χ4n) is 4.49. The number of alkyl halides is 3. The molecule has 1 unspecified atom stereocenters. The van der Waals surface area contributed by atoms with Crippen LogP contribution in [-0.2, 0) is 17.8 Å². The van der Waals surface area contributed by atoms with E-state index in [1.165, 1.54) is 24.4 Å². The van der Waals surface area contributed by atoms with Crippen molar-refractivity contribution in [1.82, 2.24) is 20.1 Å². The predicted molar refractivity (Wildman–Crippen MR) is 144 cm³/mol. The number of amides is 2. The zero-order chi connectivity index (χ0) is 30.7. The molecule has 0 aliphatic rings. The number of carbonyl (C=O) groups excluding carboxylic acids is 2. The zero-order valence-corrected chi connectivity index (χ0v) is 23.3. The molecule has 2 amide bonds. The summed E-state index contributed by atoms with van der Waals surface area (Å²) in [6.45, 7) is 0.406. The summed E-state index contributed by atoms with van der Waals surface area (Å²) in [5.41, 5.74) is 4.76. The highest BCUT2D eigenvalue weighted by Gasteiger charge is 2.28. The fourth-order valence-corrected chi connectivity index (χ4v) is 5.26. The van der Waals surface area contributed by atoms with Gasteiger partial charge >= 0.3 is 0 Å². The minimum absolute atomic E-state index is 0.131. The van der Waals surface area contributed by atoms with E-state index in [0.29, 0.717) is 17.2 Å². The summed E-state index contributed by atoms with van der Waals surface area (Å²) in [6, 6.07) is 8.35. The maximum Gasteiger partial charge on any atom is 0.283 e. The highest BCUT2D eigenvalue weighted by Crippen LogP contribution is 2.34. The van der Waals surface area contributed by atoms with Gasteiger partial charge < -0.3 is 11.1 Å². The standard InChI is InChI=1S/C28H22BrF6N5O2/c1-13(30)26-23(29)25(27(34)35)39-40(26)12-22(41)38-21(9-14-7-16(31)11-17(32)8-14)24-18(3-2-6-37-24)15-4-5-20(33)19(10-15)28(36)42/h2-8,10-11,13,21,27H,9,12H2,1H3,(H2,36,42)(H,38,41)/t13?,21-/m0/s1. The van der Waals surface area contributed by atoms with Crippen LogP contribution in [0.5, 0.6) is 0 Å². The second kappa shape index (κ2) is 12.8. The van der Waals surface area contributed by atoms with Crippen LogP contribution in [0.15, 0.2) is 59.2 Å². The van der Waals surface area contributed by atoms with E-state index in [2.05, 4.69) is 31.3 Å². The molecule has 3 N–H and O–H groups in total. The van der Waals surface area contributed by atoms with E-state index in [9.17, 15) is 35.9 Å². The first-order valence-electron chi connectivity index (χ1n) is 12.3. The van der Waals surface area contributed by atoms with E-state index in [1.54, 1.807) is 6.07 Å². The molecule has 0 radical (unpaired) electrons. The number of carbonyl (C=O) groups is 2. The lowest BCUT2D eigenvalue weighted by Gasteiger charge is -2.22. The van der Waals surface area contributed by atoms with E-state index < -0.39 is 65.7 Å². The molecule has 42 heavy (non-hydrogen) atoms. The molecule has 4 aromatic rings. The van der Waals surface area contributed by atoms with Gasteiger partial charge in [-0.3, -0.25) is 19.3 Å².